The van der Waals surface area contributed by atoms with Crippen LogP contribution in [0.3, 0.4) is 0 Å². The third-order valence-corrected chi connectivity index (χ3v) is 4.71. The molecule has 1 amide bonds. The molecular formula is C19H25ClN2O2. The number of aryl methyl sites for hydroxylation is 1. The first-order valence-corrected chi connectivity index (χ1v) is 8.25. The normalized spacial score (nSPS) is 20.5. The van der Waals surface area contributed by atoms with Gasteiger partial charge < -0.3 is 15.1 Å². The minimum Gasteiger partial charge on any atom is -0.467 e. The van der Waals surface area contributed by atoms with Crippen molar-refractivity contribution in [1.82, 2.24) is 4.90 Å². The Kier molecular flexibility index (Phi) is 6.08. The van der Waals surface area contributed by atoms with Gasteiger partial charge in [-0.3, -0.25) is 4.79 Å². The number of halogens is 1. The van der Waals surface area contributed by atoms with Crippen LogP contribution in [0.1, 0.15) is 53.1 Å². The molecule has 3 rings (SSSR count). The van der Waals surface area contributed by atoms with E-state index in [1.807, 2.05) is 4.90 Å². The molecule has 1 saturated heterocycles. The van der Waals surface area contributed by atoms with E-state index in [0.29, 0.717) is 23.8 Å². The van der Waals surface area contributed by atoms with Crippen LogP contribution < -0.4 is 5.73 Å². The second-order valence-corrected chi connectivity index (χ2v) is 6.48. The lowest BCUT2D eigenvalue weighted by atomic mass is 9.85. The summed E-state index contributed by atoms with van der Waals surface area (Å²) < 4.78 is 5.34. The number of rotatable bonds is 3. The van der Waals surface area contributed by atoms with Crippen LogP contribution in [-0.4, -0.2) is 17.4 Å². The predicted octanol–water partition coefficient (Wildman–Crippen LogP) is 4.08. The Bertz CT molecular complexity index is 681. The zero-order chi connectivity index (χ0) is 16.4. The van der Waals surface area contributed by atoms with Crippen molar-refractivity contribution in [3.05, 3.63) is 59.0 Å². The molecule has 24 heavy (non-hydrogen) atoms. The number of furan rings is 1. The molecular weight excluding hydrogens is 324 g/mol. The first-order chi connectivity index (χ1) is 11.1. The van der Waals surface area contributed by atoms with Crippen LogP contribution in [0.2, 0.25) is 0 Å². The summed E-state index contributed by atoms with van der Waals surface area (Å²) in [5.74, 6) is 1.12. The SMILES string of the molecule is Cc1ccc(C2C(C)CCCN2C(=O)c2coc(CN)c2)cc1.Cl. The van der Waals surface area contributed by atoms with E-state index in [-0.39, 0.29) is 24.4 Å². The van der Waals surface area contributed by atoms with Gasteiger partial charge in [0.15, 0.2) is 0 Å². The van der Waals surface area contributed by atoms with E-state index in [0.717, 1.165) is 19.4 Å². The molecule has 2 atom stereocenters. The van der Waals surface area contributed by atoms with Crippen molar-refractivity contribution in [2.45, 2.75) is 39.3 Å². The van der Waals surface area contributed by atoms with Crippen molar-refractivity contribution in [3.63, 3.8) is 0 Å². The van der Waals surface area contributed by atoms with Crippen LogP contribution in [0.5, 0.6) is 0 Å². The van der Waals surface area contributed by atoms with Gasteiger partial charge in [-0.1, -0.05) is 36.8 Å². The number of hydrogen-bond donors (Lipinski definition) is 1. The molecule has 2 unspecified atom stereocenters. The molecule has 0 saturated carbocycles. The number of amides is 1. The van der Waals surface area contributed by atoms with Crippen molar-refractivity contribution in [2.75, 3.05) is 6.54 Å². The van der Waals surface area contributed by atoms with Crippen molar-refractivity contribution in [1.29, 1.82) is 0 Å². The molecule has 0 radical (unpaired) electrons. The van der Waals surface area contributed by atoms with Gasteiger partial charge in [-0.2, -0.15) is 0 Å². The Morgan fingerprint density at radius 3 is 2.67 bits per heavy atom. The second-order valence-electron chi connectivity index (χ2n) is 6.48. The van der Waals surface area contributed by atoms with Crippen LogP contribution in [0.25, 0.3) is 0 Å². The lowest BCUT2D eigenvalue weighted by molar-refractivity contribution is 0.0513. The topological polar surface area (TPSA) is 59.5 Å². The average molecular weight is 349 g/mol. The minimum atomic E-state index is 0. The fourth-order valence-electron chi connectivity index (χ4n) is 3.45. The zero-order valence-corrected chi connectivity index (χ0v) is 15.0. The van der Waals surface area contributed by atoms with E-state index in [9.17, 15) is 4.79 Å². The van der Waals surface area contributed by atoms with Crippen LogP contribution in [-0.2, 0) is 6.54 Å². The Balaban J connectivity index is 0.00000208. The van der Waals surface area contributed by atoms with Crippen molar-refractivity contribution >= 4 is 18.3 Å². The molecule has 2 N–H and O–H groups in total. The van der Waals surface area contributed by atoms with E-state index in [1.165, 1.54) is 17.4 Å². The highest BCUT2D eigenvalue weighted by molar-refractivity contribution is 5.94. The summed E-state index contributed by atoms with van der Waals surface area (Å²) in [5, 5.41) is 0. The fourth-order valence-corrected chi connectivity index (χ4v) is 3.45. The minimum absolute atomic E-state index is 0. The second kappa shape index (κ2) is 7.86. The van der Waals surface area contributed by atoms with Gasteiger partial charge in [0.25, 0.3) is 5.91 Å². The number of nitrogens with zero attached hydrogens (tertiary/aromatic N) is 1. The van der Waals surface area contributed by atoms with Crippen molar-refractivity contribution < 1.29 is 9.21 Å². The van der Waals surface area contributed by atoms with Crippen LogP contribution in [0.4, 0.5) is 0 Å². The van der Waals surface area contributed by atoms with E-state index in [4.69, 9.17) is 10.2 Å². The highest BCUT2D eigenvalue weighted by Crippen LogP contribution is 2.36. The maximum absolute atomic E-state index is 13.0. The summed E-state index contributed by atoms with van der Waals surface area (Å²) >= 11 is 0. The van der Waals surface area contributed by atoms with Crippen molar-refractivity contribution in [2.24, 2.45) is 11.7 Å². The van der Waals surface area contributed by atoms with Crippen LogP contribution in [0, 0.1) is 12.8 Å². The molecule has 2 heterocycles. The van der Waals surface area contributed by atoms with Gasteiger partial charge in [-0.15, -0.1) is 12.4 Å². The maximum atomic E-state index is 13.0. The summed E-state index contributed by atoms with van der Waals surface area (Å²) in [7, 11) is 0. The predicted molar refractivity (Wildman–Crippen MR) is 97.2 cm³/mol. The average Bonchev–Trinajstić information content (AvgIpc) is 3.04. The number of likely N-dealkylation sites (tertiary alicyclic amines) is 1. The standard InChI is InChI=1S/C19H24N2O2.ClH/c1-13-5-7-15(8-6-13)18-14(2)4-3-9-21(18)19(22)16-10-17(11-20)23-12-16;/h5-8,10,12,14,18H,3-4,9,11,20H2,1-2H3;1H. The molecule has 1 aliphatic heterocycles. The third-order valence-electron chi connectivity index (χ3n) is 4.71. The summed E-state index contributed by atoms with van der Waals surface area (Å²) in [6.07, 6.45) is 3.70. The van der Waals surface area contributed by atoms with Crippen LogP contribution in [0.15, 0.2) is 41.0 Å². The maximum Gasteiger partial charge on any atom is 0.257 e. The van der Waals surface area contributed by atoms with Gasteiger partial charge in [0, 0.05) is 6.54 Å². The van der Waals surface area contributed by atoms with Gasteiger partial charge in [0.2, 0.25) is 0 Å². The number of piperidine rings is 1. The lowest BCUT2D eigenvalue weighted by Gasteiger charge is -2.40. The molecule has 1 fully saturated rings. The first kappa shape index (κ1) is 18.6. The Labute approximate surface area is 149 Å². The third kappa shape index (κ3) is 3.65. The molecule has 4 nitrogen and oxygen atoms in total. The quantitative estimate of drug-likeness (QED) is 0.909. The van der Waals surface area contributed by atoms with E-state index >= 15 is 0 Å². The van der Waals surface area contributed by atoms with Gasteiger partial charge in [-0.05, 0) is 37.3 Å². The molecule has 1 aromatic heterocycles. The van der Waals surface area contributed by atoms with E-state index in [2.05, 4.69) is 38.1 Å². The van der Waals surface area contributed by atoms with Crippen molar-refractivity contribution in [3.8, 4) is 0 Å². The number of nitrogens with two attached hydrogens (primary N) is 1. The Hall–Kier alpha value is -1.78. The number of benzene rings is 1. The molecule has 0 bridgehead atoms. The van der Waals surface area contributed by atoms with Gasteiger partial charge in [0.05, 0.1) is 18.2 Å². The largest absolute Gasteiger partial charge is 0.467 e. The number of carbonyl (C=O) groups is 1. The number of hydrogen-bond acceptors (Lipinski definition) is 3. The van der Waals surface area contributed by atoms with Gasteiger partial charge >= 0.3 is 0 Å². The van der Waals surface area contributed by atoms with Gasteiger partial charge in [-0.25, -0.2) is 0 Å². The summed E-state index contributed by atoms with van der Waals surface area (Å²) in [6.45, 7) is 5.40. The molecule has 1 aliphatic rings. The first-order valence-electron chi connectivity index (χ1n) is 8.25. The molecule has 5 heteroatoms. The highest BCUT2D eigenvalue weighted by atomic mass is 35.5. The summed E-state index contributed by atoms with van der Waals surface area (Å²) in [5.41, 5.74) is 8.61. The Morgan fingerprint density at radius 1 is 1.33 bits per heavy atom. The van der Waals surface area contributed by atoms with E-state index < -0.39 is 0 Å². The zero-order valence-electron chi connectivity index (χ0n) is 14.2. The molecule has 2 aromatic rings. The molecule has 1 aromatic carbocycles. The smallest absolute Gasteiger partial charge is 0.257 e. The Morgan fingerprint density at radius 2 is 2.04 bits per heavy atom. The summed E-state index contributed by atoms with van der Waals surface area (Å²) in [4.78, 5) is 14.9. The highest BCUT2D eigenvalue weighted by Gasteiger charge is 2.33. The lowest BCUT2D eigenvalue weighted by Crippen LogP contribution is -2.42. The molecule has 0 spiro atoms. The van der Waals surface area contributed by atoms with Gasteiger partial charge in [0.1, 0.15) is 12.0 Å². The van der Waals surface area contributed by atoms with E-state index in [1.54, 1.807) is 6.07 Å². The monoisotopic (exact) mass is 348 g/mol. The fraction of sp³-hybridized carbons (Fsp3) is 0.421. The van der Waals surface area contributed by atoms with Crippen LogP contribution >= 0.6 is 12.4 Å². The number of carbonyl (C=O) groups excluding carboxylic acids is 1. The summed E-state index contributed by atoms with van der Waals surface area (Å²) in [6, 6.07) is 10.4. The molecule has 130 valence electrons. The molecule has 0 aliphatic carbocycles.